The first kappa shape index (κ1) is 14.3. The van der Waals surface area contributed by atoms with Crippen molar-refractivity contribution < 1.29 is 9.47 Å². The highest BCUT2D eigenvalue weighted by molar-refractivity contribution is 5.56. The molecule has 0 radical (unpaired) electrons. The van der Waals surface area contributed by atoms with Crippen LogP contribution in [0.2, 0.25) is 0 Å². The molecule has 106 valence electrons. The fourth-order valence-electron chi connectivity index (χ4n) is 2.01. The van der Waals surface area contributed by atoms with Gasteiger partial charge in [-0.15, -0.1) is 0 Å². The topological polar surface area (TPSA) is 44.5 Å². The molecule has 2 N–H and O–H groups in total. The zero-order chi connectivity index (χ0) is 14.4. The summed E-state index contributed by atoms with van der Waals surface area (Å²) in [5, 5.41) is 0. The molecule has 0 aromatic heterocycles. The molecule has 0 atom stereocenters. The molecule has 0 saturated heterocycles. The Morgan fingerprint density at radius 1 is 0.950 bits per heavy atom. The number of benzene rings is 2. The van der Waals surface area contributed by atoms with Gasteiger partial charge in [0.05, 0.1) is 12.3 Å². The summed E-state index contributed by atoms with van der Waals surface area (Å²) >= 11 is 0. The van der Waals surface area contributed by atoms with E-state index in [9.17, 15) is 0 Å². The molecule has 0 heterocycles. The van der Waals surface area contributed by atoms with Gasteiger partial charge in [0.15, 0.2) is 0 Å². The average Bonchev–Trinajstić information content (AvgIpc) is 2.45. The van der Waals surface area contributed by atoms with Crippen LogP contribution in [-0.4, -0.2) is 6.61 Å². The Labute approximate surface area is 120 Å². The van der Waals surface area contributed by atoms with Crippen LogP contribution in [0.3, 0.4) is 0 Å². The summed E-state index contributed by atoms with van der Waals surface area (Å²) in [5.74, 6) is 2.20. The number of ether oxygens (including phenoxy) is 2. The Morgan fingerprint density at radius 2 is 1.65 bits per heavy atom. The number of nitrogens with two attached hydrogens (primary N) is 1. The lowest BCUT2D eigenvalue weighted by atomic mass is 10.1. The Balaban J connectivity index is 2.11. The first-order valence-electron chi connectivity index (χ1n) is 7.02. The van der Waals surface area contributed by atoms with Crippen LogP contribution in [0.15, 0.2) is 42.5 Å². The van der Waals surface area contributed by atoms with E-state index in [1.807, 2.05) is 31.2 Å². The Morgan fingerprint density at radius 3 is 2.30 bits per heavy atom. The van der Waals surface area contributed by atoms with Gasteiger partial charge in [0.25, 0.3) is 0 Å². The van der Waals surface area contributed by atoms with Gasteiger partial charge in [-0.1, -0.05) is 25.5 Å². The summed E-state index contributed by atoms with van der Waals surface area (Å²) in [6.45, 7) is 4.69. The van der Waals surface area contributed by atoms with E-state index in [-0.39, 0.29) is 0 Å². The van der Waals surface area contributed by atoms with Gasteiger partial charge < -0.3 is 15.2 Å². The monoisotopic (exact) mass is 271 g/mol. The van der Waals surface area contributed by atoms with E-state index < -0.39 is 0 Å². The maximum Gasteiger partial charge on any atom is 0.145 e. The maximum atomic E-state index is 5.84. The SMILES string of the molecule is CCCc1ccc(Oc2ccc(N)c(OCC)c2)cc1. The van der Waals surface area contributed by atoms with E-state index >= 15 is 0 Å². The second kappa shape index (κ2) is 6.85. The molecule has 0 fully saturated rings. The van der Waals surface area contributed by atoms with Crippen LogP contribution < -0.4 is 15.2 Å². The van der Waals surface area contributed by atoms with Crippen LogP contribution >= 0.6 is 0 Å². The minimum absolute atomic E-state index is 0.583. The van der Waals surface area contributed by atoms with Crippen molar-refractivity contribution >= 4 is 5.69 Å². The van der Waals surface area contributed by atoms with Crippen molar-refractivity contribution in [1.82, 2.24) is 0 Å². The van der Waals surface area contributed by atoms with E-state index in [1.165, 1.54) is 5.56 Å². The van der Waals surface area contributed by atoms with Crippen LogP contribution in [-0.2, 0) is 6.42 Å². The lowest BCUT2D eigenvalue weighted by molar-refractivity contribution is 0.340. The average molecular weight is 271 g/mol. The van der Waals surface area contributed by atoms with Crippen LogP contribution in [0.25, 0.3) is 0 Å². The highest BCUT2D eigenvalue weighted by Crippen LogP contribution is 2.30. The van der Waals surface area contributed by atoms with Crippen LogP contribution in [0.4, 0.5) is 5.69 Å². The molecule has 3 nitrogen and oxygen atoms in total. The van der Waals surface area contributed by atoms with Gasteiger partial charge in [-0.25, -0.2) is 0 Å². The smallest absolute Gasteiger partial charge is 0.145 e. The fourth-order valence-corrected chi connectivity index (χ4v) is 2.01. The van der Waals surface area contributed by atoms with Gasteiger partial charge in [0, 0.05) is 6.07 Å². The predicted molar refractivity (Wildman–Crippen MR) is 82.5 cm³/mol. The Hall–Kier alpha value is -2.16. The summed E-state index contributed by atoms with van der Waals surface area (Å²) in [5.41, 5.74) is 7.79. The van der Waals surface area contributed by atoms with Gasteiger partial charge >= 0.3 is 0 Å². The molecule has 0 saturated carbocycles. The molecule has 3 heteroatoms. The molecular weight excluding hydrogens is 250 g/mol. The number of anilines is 1. The molecule has 0 bridgehead atoms. The number of aryl methyl sites for hydroxylation is 1. The van der Waals surface area contributed by atoms with Crippen molar-refractivity contribution in [3.05, 3.63) is 48.0 Å². The van der Waals surface area contributed by atoms with Crippen molar-refractivity contribution in [2.45, 2.75) is 26.7 Å². The number of hydrogen-bond acceptors (Lipinski definition) is 3. The first-order valence-corrected chi connectivity index (χ1v) is 7.02. The summed E-state index contributed by atoms with van der Waals surface area (Å²) in [6, 6.07) is 13.6. The quantitative estimate of drug-likeness (QED) is 0.791. The summed E-state index contributed by atoms with van der Waals surface area (Å²) in [4.78, 5) is 0. The molecule has 0 aliphatic heterocycles. The van der Waals surface area contributed by atoms with E-state index in [0.717, 1.165) is 24.3 Å². The molecule has 0 spiro atoms. The van der Waals surface area contributed by atoms with E-state index in [1.54, 1.807) is 6.07 Å². The third-order valence-electron chi connectivity index (χ3n) is 2.98. The van der Waals surface area contributed by atoms with Crippen LogP contribution in [0.5, 0.6) is 17.2 Å². The summed E-state index contributed by atoms with van der Waals surface area (Å²) in [6.07, 6.45) is 2.24. The third kappa shape index (κ3) is 3.67. The van der Waals surface area contributed by atoms with Crippen molar-refractivity contribution in [2.24, 2.45) is 0 Å². The number of hydrogen-bond donors (Lipinski definition) is 1. The molecular formula is C17H21NO2. The normalized spacial score (nSPS) is 10.3. The lowest BCUT2D eigenvalue weighted by Gasteiger charge is -2.10. The van der Waals surface area contributed by atoms with Crippen LogP contribution in [0.1, 0.15) is 25.8 Å². The van der Waals surface area contributed by atoms with Crippen molar-refractivity contribution in [2.75, 3.05) is 12.3 Å². The second-order valence-corrected chi connectivity index (χ2v) is 4.63. The van der Waals surface area contributed by atoms with Gasteiger partial charge in [-0.05, 0) is 43.2 Å². The van der Waals surface area contributed by atoms with Crippen LogP contribution in [0, 0.1) is 0 Å². The predicted octanol–water partition coefficient (Wildman–Crippen LogP) is 4.41. The van der Waals surface area contributed by atoms with E-state index in [4.69, 9.17) is 15.2 Å². The zero-order valence-electron chi connectivity index (χ0n) is 12.1. The van der Waals surface area contributed by atoms with Crippen molar-refractivity contribution in [3.63, 3.8) is 0 Å². The summed E-state index contributed by atoms with van der Waals surface area (Å²) in [7, 11) is 0. The molecule has 2 rings (SSSR count). The lowest BCUT2D eigenvalue weighted by Crippen LogP contribution is -1.97. The molecule has 2 aromatic rings. The standard InChI is InChI=1S/C17H21NO2/c1-3-5-13-6-8-14(9-7-13)20-15-10-11-16(18)17(12-15)19-4-2/h6-12H,3-5,18H2,1-2H3. The molecule has 2 aromatic carbocycles. The Kier molecular flexibility index (Phi) is 4.88. The molecule has 0 unspecified atom stereocenters. The number of rotatable bonds is 6. The number of nitrogen functional groups attached to an aromatic ring is 1. The molecule has 0 aliphatic carbocycles. The molecule has 0 amide bonds. The summed E-state index contributed by atoms with van der Waals surface area (Å²) < 4.78 is 11.3. The van der Waals surface area contributed by atoms with Gasteiger partial charge in [-0.2, -0.15) is 0 Å². The van der Waals surface area contributed by atoms with Gasteiger partial charge in [0.2, 0.25) is 0 Å². The van der Waals surface area contributed by atoms with E-state index in [2.05, 4.69) is 19.1 Å². The fraction of sp³-hybridized carbons (Fsp3) is 0.294. The molecule has 0 aliphatic rings. The first-order chi connectivity index (χ1) is 9.72. The minimum Gasteiger partial charge on any atom is -0.492 e. The largest absolute Gasteiger partial charge is 0.492 e. The zero-order valence-corrected chi connectivity index (χ0v) is 12.1. The highest BCUT2D eigenvalue weighted by Gasteiger charge is 2.04. The van der Waals surface area contributed by atoms with Crippen molar-refractivity contribution in [1.29, 1.82) is 0 Å². The minimum atomic E-state index is 0.583. The maximum absolute atomic E-state index is 5.84. The second-order valence-electron chi connectivity index (χ2n) is 4.63. The van der Waals surface area contributed by atoms with Gasteiger partial charge in [0.1, 0.15) is 17.2 Å². The van der Waals surface area contributed by atoms with Gasteiger partial charge in [-0.3, -0.25) is 0 Å². The highest BCUT2D eigenvalue weighted by atomic mass is 16.5. The van der Waals surface area contributed by atoms with Crippen molar-refractivity contribution in [3.8, 4) is 17.2 Å². The third-order valence-corrected chi connectivity index (χ3v) is 2.98. The van der Waals surface area contributed by atoms with E-state index in [0.29, 0.717) is 18.0 Å². The Bertz CT molecular complexity index is 549. The molecule has 20 heavy (non-hydrogen) atoms.